The van der Waals surface area contributed by atoms with Crippen LogP contribution >= 0.6 is 0 Å². The molecule has 0 rings (SSSR count). The highest BCUT2D eigenvalue weighted by Crippen LogP contribution is 2.31. The molecule has 0 aromatic rings. The number of ether oxygens (including phenoxy) is 2. The van der Waals surface area contributed by atoms with Crippen LogP contribution in [-0.2, 0) is 14.3 Å². The second-order valence-electron chi connectivity index (χ2n) is 11.4. The van der Waals surface area contributed by atoms with E-state index in [1.165, 1.54) is 0 Å². The summed E-state index contributed by atoms with van der Waals surface area (Å²) in [6.07, 6.45) is 2.38. The molecule has 0 heterocycles. The van der Waals surface area contributed by atoms with E-state index in [0.717, 1.165) is 19.3 Å². The number of rotatable bonds is 12. The van der Waals surface area contributed by atoms with Crippen molar-refractivity contribution in [2.24, 2.45) is 23.0 Å². The van der Waals surface area contributed by atoms with Gasteiger partial charge in [0.2, 0.25) is 5.91 Å². The number of carbonyl (C=O) groups excluding carboxylic acids is 1. The molecule has 0 bridgehead atoms. The number of nitrogens with one attached hydrogen (secondary N) is 1. The van der Waals surface area contributed by atoms with Crippen molar-refractivity contribution in [3.05, 3.63) is 0 Å². The fourth-order valence-electron chi connectivity index (χ4n) is 3.48. The lowest BCUT2D eigenvalue weighted by molar-refractivity contribution is -0.128. The molecule has 0 aliphatic carbocycles. The van der Waals surface area contributed by atoms with Crippen LogP contribution in [0.4, 0.5) is 0 Å². The zero-order valence-corrected chi connectivity index (χ0v) is 20.5. The minimum Gasteiger partial charge on any atom is -0.375 e. The third-order valence-electron chi connectivity index (χ3n) is 5.63. The van der Waals surface area contributed by atoms with Crippen molar-refractivity contribution in [2.45, 2.75) is 112 Å². The smallest absolute Gasteiger partial charge is 0.223 e. The maximum absolute atomic E-state index is 12.7. The Morgan fingerprint density at radius 3 is 1.93 bits per heavy atom. The fourth-order valence-corrected chi connectivity index (χ4v) is 3.48. The summed E-state index contributed by atoms with van der Waals surface area (Å²) in [5, 5.41) is 3.24. The van der Waals surface area contributed by atoms with Gasteiger partial charge in [0.15, 0.2) is 0 Å². The van der Waals surface area contributed by atoms with Gasteiger partial charge < -0.3 is 20.5 Å². The predicted molar refractivity (Wildman–Crippen MR) is 118 cm³/mol. The Kier molecular flexibility index (Phi) is 10.2. The topological polar surface area (TPSA) is 73.6 Å². The molecule has 0 spiro atoms. The SMILES string of the molecule is CC(CC(C)C(C)(C)C)C(=O)NC(C)(C)CC(C)(C)OCCC(C)(C)OCN. The molecule has 5 nitrogen and oxygen atoms in total. The molecular formula is C23H48N2O3. The molecule has 0 aromatic carbocycles. The van der Waals surface area contributed by atoms with Crippen LogP contribution in [0.3, 0.4) is 0 Å². The average Bonchev–Trinajstić information content (AvgIpc) is 2.43. The first-order valence-corrected chi connectivity index (χ1v) is 10.7. The first-order valence-electron chi connectivity index (χ1n) is 10.7. The Morgan fingerprint density at radius 1 is 0.929 bits per heavy atom. The zero-order valence-electron chi connectivity index (χ0n) is 20.5. The van der Waals surface area contributed by atoms with E-state index < -0.39 is 0 Å². The van der Waals surface area contributed by atoms with Crippen LogP contribution in [-0.4, -0.2) is 36.0 Å². The second kappa shape index (κ2) is 10.4. The summed E-state index contributed by atoms with van der Waals surface area (Å²) in [6, 6.07) is 0. The quantitative estimate of drug-likeness (QED) is 0.458. The minimum absolute atomic E-state index is 0.00765. The summed E-state index contributed by atoms with van der Waals surface area (Å²) >= 11 is 0. The largest absolute Gasteiger partial charge is 0.375 e. The van der Waals surface area contributed by atoms with E-state index in [9.17, 15) is 4.79 Å². The van der Waals surface area contributed by atoms with E-state index in [1.807, 2.05) is 20.8 Å². The zero-order chi connectivity index (χ0) is 22.4. The van der Waals surface area contributed by atoms with E-state index in [-0.39, 0.29) is 40.7 Å². The molecule has 3 N–H and O–H groups in total. The number of hydrogen-bond acceptors (Lipinski definition) is 4. The molecule has 168 valence electrons. The third kappa shape index (κ3) is 11.4. The van der Waals surface area contributed by atoms with Crippen LogP contribution in [0.2, 0.25) is 0 Å². The van der Waals surface area contributed by atoms with Crippen LogP contribution in [0.15, 0.2) is 0 Å². The van der Waals surface area contributed by atoms with Crippen molar-refractivity contribution in [2.75, 3.05) is 13.3 Å². The van der Waals surface area contributed by atoms with Crippen molar-refractivity contribution in [1.82, 2.24) is 5.32 Å². The van der Waals surface area contributed by atoms with Gasteiger partial charge in [-0.2, -0.15) is 0 Å². The third-order valence-corrected chi connectivity index (χ3v) is 5.63. The van der Waals surface area contributed by atoms with Gasteiger partial charge in [0, 0.05) is 11.5 Å². The number of nitrogens with two attached hydrogens (primary N) is 1. The molecule has 2 unspecified atom stereocenters. The Hall–Kier alpha value is -0.650. The highest BCUT2D eigenvalue weighted by atomic mass is 16.5. The fraction of sp³-hybridized carbons (Fsp3) is 0.957. The van der Waals surface area contributed by atoms with Gasteiger partial charge in [-0.25, -0.2) is 0 Å². The summed E-state index contributed by atoms with van der Waals surface area (Å²) in [6.45, 7) is 24.0. The molecule has 0 saturated heterocycles. The van der Waals surface area contributed by atoms with E-state index in [0.29, 0.717) is 12.5 Å². The standard InChI is InChI=1S/C23H48N2O3/c1-17(14-18(2)20(3,4)5)19(26)25-21(6,7)15-23(10,11)27-13-12-22(8,9)28-16-24/h17-18H,12-16,24H2,1-11H3,(H,25,26). The lowest BCUT2D eigenvalue weighted by Crippen LogP contribution is -2.50. The van der Waals surface area contributed by atoms with Gasteiger partial charge in [-0.15, -0.1) is 0 Å². The first-order chi connectivity index (χ1) is 12.4. The van der Waals surface area contributed by atoms with Crippen LogP contribution in [0.5, 0.6) is 0 Å². The van der Waals surface area contributed by atoms with Crippen molar-refractivity contribution in [1.29, 1.82) is 0 Å². The van der Waals surface area contributed by atoms with Gasteiger partial charge in [-0.1, -0.05) is 34.6 Å². The van der Waals surface area contributed by atoms with Gasteiger partial charge in [0.05, 0.1) is 24.5 Å². The van der Waals surface area contributed by atoms with Gasteiger partial charge in [0.1, 0.15) is 0 Å². The van der Waals surface area contributed by atoms with Crippen LogP contribution in [0.25, 0.3) is 0 Å². The molecule has 28 heavy (non-hydrogen) atoms. The first kappa shape index (κ1) is 27.4. The van der Waals surface area contributed by atoms with Crippen LogP contribution in [0.1, 0.15) is 95.4 Å². The molecule has 0 aliphatic heterocycles. The van der Waals surface area contributed by atoms with Crippen LogP contribution in [0, 0.1) is 17.3 Å². The lowest BCUT2D eigenvalue weighted by Gasteiger charge is -2.37. The second-order valence-corrected chi connectivity index (χ2v) is 11.4. The van der Waals surface area contributed by atoms with Crippen LogP contribution < -0.4 is 11.1 Å². The monoisotopic (exact) mass is 400 g/mol. The minimum atomic E-state index is -0.350. The highest BCUT2D eigenvalue weighted by Gasteiger charge is 2.33. The summed E-state index contributed by atoms with van der Waals surface area (Å²) in [5.41, 5.74) is 4.69. The molecule has 0 aliphatic rings. The van der Waals surface area contributed by atoms with E-state index in [4.69, 9.17) is 15.2 Å². The number of hydrogen-bond donors (Lipinski definition) is 2. The van der Waals surface area contributed by atoms with Crippen molar-refractivity contribution >= 4 is 5.91 Å². The van der Waals surface area contributed by atoms with Crippen molar-refractivity contribution < 1.29 is 14.3 Å². The van der Waals surface area contributed by atoms with Crippen molar-refractivity contribution in [3.63, 3.8) is 0 Å². The highest BCUT2D eigenvalue weighted by molar-refractivity contribution is 5.79. The lowest BCUT2D eigenvalue weighted by atomic mass is 9.77. The molecule has 0 radical (unpaired) electrons. The molecule has 1 amide bonds. The summed E-state index contributed by atoms with van der Waals surface area (Å²) in [5.74, 6) is 0.594. The maximum atomic E-state index is 12.7. The van der Waals surface area contributed by atoms with Gasteiger partial charge in [-0.05, 0) is 72.1 Å². The number of carbonyl (C=O) groups is 1. The summed E-state index contributed by atoms with van der Waals surface area (Å²) in [7, 11) is 0. The maximum Gasteiger partial charge on any atom is 0.223 e. The average molecular weight is 401 g/mol. The molecule has 0 fully saturated rings. The van der Waals surface area contributed by atoms with E-state index >= 15 is 0 Å². The predicted octanol–water partition coefficient (Wildman–Crippen LogP) is 4.88. The summed E-state index contributed by atoms with van der Waals surface area (Å²) < 4.78 is 11.6. The molecule has 5 heteroatoms. The Balaban J connectivity index is 4.65. The molecule has 2 atom stereocenters. The Bertz CT molecular complexity index is 479. The Labute approximate surface area is 174 Å². The van der Waals surface area contributed by atoms with E-state index in [2.05, 4.69) is 60.7 Å². The normalized spacial score (nSPS) is 16.0. The van der Waals surface area contributed by atoms with Gasteiger partial charge in [0.25, 0.3) is 0 Å². The molecule has 0 aromatic heterocycles. The van der Waals surface area contributed by atoms with Crippen molar-refractivity contribution in [3.8, 4) is 0 Å². The molecular weight excluding hydrogens is 352 g/mol. The Morgan fingerprint density at radius 2 is 1.46 bits per heavy atom. The van der Waals surface area contributed by atoms with Gasteiger partial charge >= 0.3 is 0 Å². The van der Waals surface area contributed by atoms with E-state index in [1.54, 1.807) is 0 Å². The molecule has 0 saturated carbocycles. The van der Waals surface area contributed by atoms with Gasteiger partial charge in [-0.3, -0.25) is 4.79 Å². The summed E-state index contributed by atoms with van der Waals surface area (Å²) in [4.78, 5) is 12.7. The number of amides is 1.